The highest BCUT2D eigenvalue weighted by Gasteiger charge is 2.30. The summed E-state index contributed by atoms with van der Waals surface area (Å²) in [4.78, 5) is 72.9. The molecular weight excluding hydrogens is 1310 g/mol. The third-order valence-corrected chi connectivity index (χ3v) is 17.5. The number of carbonyl (C=O) groups excluding carboxylic acids is 4. The Kier molecular flexibility index (Phi) is 69.1. The second-order valence-electron chi connectivity index (χ2n) is 25.1. The molecule has 100 heavy (non-hydrogen) atoms. The highest BCUT2D eigenvalue weighted by atomic mass is 31.2. The van der Waals surface area contributed by atoms with E-state index in [0.29, 0.717) is 25.7 Å². The van der Waals surface area contributed by atoms with Crippen molar-refractivity contribution in [3.8, 4) is 0 Å². The monoisotopic (exact) mass is 1440 g/mol. The van der Waals surface area contributed by atoms with Crippen LogP contribution in [0.3, 0.4) is 0 Å². The maximum Gasteiger partial charge on any atom is 0.472 e. The predicted octanol–water partition coefficient (Wildman–Crippen LogP) is 22.1. The lowest BCUT2D eigenvalue weighted by Crippen LogP contribution is -2.30. The second kappa shape index (κ2) is 72.5. The van der Waals surface area contributed by atoms with Crippen LogP contribution in [0.25, 0.3) is 0 Å². The van der Waals surface area contributed by atoms with Crippen molar-refractivity contribution in [3.05, 3.63) is 134 Å². The summed E-state index contributed by atoms with van der Waals surface area (Å²) in [5.41, 5.74) is 0. The molecule has 3 N–H and O–H groups in total. The molecule has 0 aliphatic carbocycles. The molecule has 0 radical (unpaired) electrons. The molecule has 0 rings (SSSR count). The zero-order valence-electron chi connectivity index (χ0n) is 62.3. The molecule has 0 aromatic heterocycles. The third-order valence-electron chi connectivity index (χ3n) is 15.6. The summed E-state index contributed by atoms with van der Waals surface area (Å²) in [6.45, 7) is 4.43. The van der Waals surface area contributed by atoms with Crippen molar-refractivity contribution in [2.24, 2.45) is 0 Å². The van der Waals surface area contributed by atoms with Crippen LogP contribution in [0.4, 0.5) is 0 Å². The summed E-state index contributed by atoms with van der Waals surface area (Å²) in [6, 6.07) is 0. The lowest BCUT2D eigenvalue weighted by atomic mass is 10.1. The smallest absolute Gasteiger partial charge is 0.462 e. The number of hydrogen-bond acceptors (Lipinski definition) is 15. The first-order valence-corrected chi connectivity index (χ1v) is 41.4. The molecule has 0 heterocycles. The zero-order chi connectivity index (χ0) is 73.2. The van der Waals surface area contributed by atoms with Gasteiger partial charge < -0.3 is 33.8 Å². The molecule has 0 amide bonds. The Morgan fingerprint density at radius 2 is 0.520 bits per heavy atom. The van der Waals surface area contributed by atoms with E-state index in [4.69, 9.17) is 37.0 Å². The first kappa shape index (κ1) is 95.2. The van der Waals surface area contributed by atoms with E-state index in [1.54, 1.807) is 0 Å². The lowest BCUT2D eigenvalue weighted by molar-refractivity contribution is -0.161. The Morgan fingerprint density at radius 3 is 0.810 bits per heavy atom. The van der Waals surface area contributed by atoms with Gasteiger partial charge in [0.1, 0.15) is 19.3 Å². The van der Waals surface area contributed by atoms with Gasteiger partial charge in [0.2, 0.25) is 0 Å². The van der Waals surface area contributed by atoms with Crippen molar-refractivity contribution in [1.29, 1.82) is 0 Å². The number of ether oxygens (including phenoxy) is 4. The summed E-state index contributed by atoms with van der Waals surface area (Å²) in [5, 5.41) is 10.6. The Morgan fingerprint density at radius 1 is 0.290 bits per heavy atom. The fraction of sp³-hybridized carbons (Fsp3) is 0.679. The first-order valence-electron chi connectivity index (χ1n) is 38.4. The van der Waals surface area contributed by atoms with E-state index in [1.807, 2.05) is 0 Å². The Bertz CT molecular complexity index is 2420. The minimum Gasteiger partial charge on any atom is -0.462 e. The average Bonchev–Trinajstić information content (AvgIpc) is 0.985. The van der Waals surface area contributed by atoms with Crippen molar-refractivity contribution in [3.63, 3.8) is 0 Å². The van der Waals surface area contributed by atoms with Gasteiger partial charge in [0, 0.05) is 25.7 Å². The van der Waals surface area contributed by atoms with Crippen molar-refractivity contribution in [2.45, 2.75) is 316 Å². The Labute approximate surface area is 605 Å². The van der Waals surface area contributed by atoms with Gasteiger partial charge in [0.15, 0.2) is 12.2 Å². The first-order chi connectivity index (χ1) is 48.7. The number of rotatable bonds is 71. The largest absolute Gasteiger partial charge is 0.472 e. The highest BCUT2D eigenvalue weighted by molar-refractivity contribution is 7.47. The van der Waals surface area contributed by atoms with Crippen LogP contribution < -0.4 is 0 Å². The molecule has 5 atom stereocenters. The Balaban J connectivity index is 5.36. The highest BCUT2D eigenvalue weighted by Crippen LogP contribution is 2.45. The number of carbonyl (C=O) groups is 4. The quantitative estimate of drug-likeness (QED) is 0.0169. The third kappa shape index (κ3) is 71.6. The van der Waals surface area contributed by atoms with Gasteiger partial charge in [-0.2, -0.15) is 0 Å². The van der Waals surface area contributed by atoms with Gasteiger partial charge in [-0.05, 0) is 148 Å². The van der Waals surface area contributed by atoms with Gasteiger partial charge >= 0.3 is 39.5 Å². The van der Waals surface area contributed by atoms with Crippen molar-refractivity contribution < 1.29 is 80.2 Å². The molecule has 0 fully saturated rings. The molecule has 5 unspecified atom stereocenters. The zero-order valence-corrected chi connectivity index (χ0v) is 64.1. The molecule has 17 nitrogen and oxygen atoms in total. The van der Waals surface area contributed by atoms with Crippen molar-refractivity contribution in [1.82, 2.24) is 0 Å². The fourth-order valence-electron chi connectivity index (χ4n) is 9.81. The van der Waals surface area contributed by atoms with Crippen LogP contribution in [0.1, 0.15) is 297 Å². The summed E-state index contributed by atoms with van der Waals surface area (Å²) in [5.74, 6) is -2.24. The molecule has 572 valence electrons. The van der Waals surface area contributed by atoms with Gasteiger partial charge in [0.25, 0.3) is 0 Å². The van der Waals surface area contributed by atoms with E-state index in [1.165, 1.54) is 12.8 Å². The minimum absolute atomic E-state index is 0.0685. The van der Waals surface area contributed by atoms with E-state index in [0.717, 1.165) is 205 Å². The number of aliphatic hydroxyl groups is 1. The summed E-state index contributed by atoms with van der Waals surface area (Å²) in [6.07, 6.45) is 80.1. The van der Waals surface area contributed by atoms with E-state index >= 15 is 0 Å². The maximum absolute atomic E-state index is 13.1. The predicted molar refractivity (Wildman–Crippen MR) is 408 cm³/mol. The SMILES string of the molecule is CC/C=C\C/C=C\C/C=C\C/C=C\CCCCCCCCC(=O)OCC(COP(=O)(O)OCC(O)COP(=O)(O)OCC(COC(=O)CCCCCCC/C=C\C/C=C\C/C=C\CC)OC(=O)CCCCCCC/C=C\CCCC)OC(=O)CCCCCCC/C=C\C/C=C\C/C=C\CC. The lowest BCUT2D eigenvalue weighted by Gasteiger charge is -2.21. The number of phosphoric ester groups is 2. The van der Waals surface area contributed by atoms with Gasteiger partial charge in [-0.3, -0.25) is 37.3 Å². The molecular formula is C81H136O17P2. The summed E-state index contributed by atoms with van der Waals surface area (Å²) < 4.78 is 68.4. The fourth-order valence-corrected chi connectivity index (χ4v) is 11.4. The number of esters is 4. The molecule has 0 spiro atoms. The average molecular weight is 1440 g/mol. The van der Waals surface area contributed by atoms with E-state index in [2.05, 4.69) is 161 Å². The van der Waals surface area contributed by atoms with Crippen LogP contribution >= 0.6 is 15.6 Å². The van der Waals surface area contributed by atoms with Crippen LogP contribution in [0.2, 0.25) is 0 Å². The minimum atomic E-state index is -4.99. The summed E-state index contributed by atoms with van der Waals surface area (Å²) in [7, 11) is -9.97. The molecule has 0 saturated heterocycles. The molecule has 0 bridgehead atoms. The van der Waals surface area contributed by atoms with Gasteiger partial charge in [-0.15, -0.1) is 0 Å². The van der Waals surface area contributed by atoms with Crippen molar-refractivity contribution >= 4 is 39.5 Å². The van der Waals surface area contributed by atoms with Crippen LogP contribution in [0, 0.1) is 0 Å². The molecule has 0 saturated carbocycles. The second-order valence-corrected chi connectivity index (χ2v) is 28.1. The Hall–Kier alpha value is -4.80. The molecule has 0 aromatic carbocycles. The number of phosphoric acid groups is 2. The number of hydrogen-bond donors (Lipinski definition) is 3. The molecule has 0 aromatic rings. The van der Waals surface area contributed by atoms with Crippen molar-refractivity contribution in [2.75, 3.05) is 39.6 Å². The number of unbranched alkanes of at least 4 members (excludes halogenated alkanes) is 23. The van der Waals surface area contributed by atoms with Gasteiger partial charge in [-0.25, -0.2) is 9.13 Å². The van der Waals surface area contributed by atoms with E-state index in [9.17, 15) is 43.2 Å². The molecule has 19 heteroatoms. The summed E-state index contributed by atoms with van der Waals surface area (Å²) >= 11 is 0. The van der Waals surface area contributed by atoms with Crippen LogP contribution in [-0.4, -0.2) is 96.7 Å². The molecule has 0 aliphatic heterocycles. The van der Waals surface area contributed by atoms with Crippen LogP contribution in [-0.2, 0) is 65.4 Å². The molecule has 0 aliphatic rings. The number of allylic oxidation sites excluding steroid dienone is 22. The van der Waals surface area contributed by atoms with Crippen LogP contribution in [0.5, 0.6) is 0 Å². The topological polar surface area (TPSA) is 237 Å². The van der Waals surface area contributed by atoms with Gasteiger partial charge in [0.05, 0.1) is 26.4 Å². The van der Waals surface area contributed by atoms with Crippen LogP contribution in [0.15, 0.2) is 134 Å². The van der Waals surface area contributed by atoms with E-state index in [-0.39, 0.29) is 25.7 Å². The van der Waals surface area contributed by atoms with Gasteiger partial charge in [-0.1, -0.05) is 258 Å². The number of aliphatic hydroxyl groups excluding tert-OH is 1. The maximum atomic E-state index is 13.1. The van der Waals surface area contributed by atoms with E-state index < -0.39 is 97.5 Å². The normalized spacial score (nSPS) is 14.7. The standard InChI is InChI=1S/C81H136O17P2/c1-5-9-13-17-21-25-29-32-35-36-37-38-41-43-47-50-54-58-62-66-79(84)92-72-77(98-81(86)68-64-60-56-52-48-44-40-34-31-27-23-19-15-11-7-3)74-96-100(89,90)94-70-75(82)69-93-99(87,88)95-73-76(97-80(85)67-63-59-55-51-45-28-24-20-16-12-8-4)71-91-78(83)65-61-57-53-49-46-42-39-33-30-26-22-18-14-10-6-2/h9-11,13-15,20-27,32-35,37-40,75-77,82H,5-8,12,16-19,28-31,36,41-74H2,1-4H3,(H,87,88)(H,89,90)/b13-9-,14-10-,15-11-,24-20-,25-21-,26-22-,27-23-,35-32-,38-37-,39-33-,40-34-.